The van der Waals surface area contributed by atoms with Crippen LogP contribution in [0.4, 0.5) is 0 Å². The van der Waals surface area contributed by atoms with Gasteiger partial charge in [0, 0.05) is 16.3 Å². The van der Waals surface area contributed by atoms with Crippen LogP contribution in [-0.2, 0) is 12.8 Å². The first-order valence-electron chi connectivity index (χ1n) is 6.32. The van der Waals surface area contributed by atoms with Crippen molar-refractivity contribution in [2.45, 2.75) is 36.9 Å². The van der Waals surface area contributed by atoms with Gasteiger partial charge in [-0.15, -0.1) is 0 Å². The Morgan fingerprint density at radius 1 is 1.35 bits per heavy atom. The molecule has 0 aromatic heterocycles. The summed E-state index contributed by atoms with van der Waals surface area (Å²) in [5.74, 6) is 1.85. The maximum atomic E-state index is 6.18. The molecule has 2 atom stereocenters. The molecule has 0 N–H and O–H groups in total. The molecule has 2 aliphatic rings. The lowest BCUT2D eigenvalue weighted by Gasteiger charge is -2.16. The van der Waals surface area contributed by atoms with Gasteiger partial charge in [-0.25, -0.2) is 0 Å². The Labute approximate surface area is 116 Å². The Morgan fingerprint density at radius 3 is 3.00 bits per heavy atom. The summed E-state index contributed by atoms with van der Waals surface area (Å²) in [5, 5.41) is 0.855. The summed E-state index contributed by atoms with van der Waals surface area (Å²) in [5.41, 5.74) is 2.60. The van der Waals surface area contributed by atoms with Crippen LogP contribution >= 0.6 is 27.5 Å². The fraction of sp³-hybridized carbons (Fsp3) is 0.571. The molecule has 0 amide bonds. The minimum Gasteiger partial charge on any atom is -0.493 e. The van der Waals surface area contributed by atoms with Crippen molar-refractivity contribution in [3.8, 4) is 5.75 Å². The van der Waals surface area contributed by atoms with Crippen LogP contribution in [-0.4, -0.2) is 11.4 Å². The van der Waals surface area contributed by atoms with Gasteiger partial charge in [0.2, 0.25) is 0 Å². The molecular formula is C14H16BrClO. The number of hydrogen-bond acceptors (Lipinski definition) is 1. The van der Waals surface area contributed by atoms with Crippen molar-refractivity contribution >= 4 is 27.5 Å². The summed E-state index contributed by atoms with van der Waals surface area (Å²) in [6.45, 7) is 0.811. The number of fused-ring (bicyclic) bond motifs is 1. The molecule has 0 bridgehead atoms. The number of hydrogen-bond donors (Lipinski definition) is 0. The van der Waals surface area contributed by atoms with E-state index in [4.69, 9.17) is 16.3 Å². The Balaban J connectivity index is 1.87. The summed E-state index contributed by atoms with van der Waals surface area (Å²) in [6, 6.07) is 4.14. The smallest absolute Gasteiger partial charge is 0.125 e. The zero-order valence-electron chi connectivity index (χ0n) is 9.72. The van der Waals surface area contributed by atoms with Gasteiger partial charge in [0.05, 0.1) is 6.61 Å². The van der Waals surface area contributed by atoms with Crippen molar-refractivity contribution in [2.24, 2.45) is 5.92 Å². The summed E-state index contributed by atoms with van der Waals surface area (Å²) < 4.78 is 5.76. The third kappa shape index (κ3) is 2.34. The molecule has 0 spiro atoms. The van der Waals surface area contributed by atoms with Gasteiger partial charge in [-0.1, -0.05) is 34.0 Å². The molecule has 1 fully saturated rings. The molecule has 1 aliphatic heterocycles. The van der Waals surface area contributed by atoms with Crippen molar-refractivity contribution in [3.05, 3.63) is 28.3 Å². The first-order valence-corrected chi connectivity index (χ1v) is 7.61. The van der Waals surface area contributed by atoms with E-state index in [9.17, 15) is 0 Å². The molecule has 0 saturated heterocycles. The molecule has 1 aliphatic carbocycles. The first kappa shape index (κ1) is 11.9. The van der Waals surface area contributed by atoms with E-state index in [1.165, 1.54) is 30.4 Å². The molecule has 3 rings (SSSR count). The highest BCUT2D eigenvalue weighted by molar-refractivity contribution is 9.09. The number of rotatable bonds is 2. The van der Waals surface area contributed by atoms with Gasteiger partial charge in [-0.05, 0) is 48.4 Å². The highest BCUT2D eigenvalue weighted by Gasteiger charge is 2.27. The van der Waals surface area contributed by atoms with Crippen LogP contribution in [0.5, 0.6) is 5.75 Å². The predicted molar refractivity (Wildman–Crippen MR) is 74.4 cm³/mol. The van der Waals surface area contributed by atoms with E-state index in [1.807, 2.05) is 6.07 Å². The Kier molecular flexibility index (Phi) is 3.36. The summed E-state index contributed by atoms with van der Waals surface area (Å²) in [7, 11) is 0. The zero-order chi connectivity index (χ0) is 11.8. The summed E-state index contributed by atoms with van der Waals surface area (Å²) >= 11 is 9.97. The van der Waals surface area contributed by atoms with E-state index in [1.54, 1.807) is 0 Å². The SMILES string of the molecule is Clc1cc2c(c(CC3CCCC3Br)c1)OCC2. The number of halogens is 2. The quantitative estimate of drug-likeness (QED) is 0.736. The molecule has 1 aromatic carbocycles. The monoisotopic (exact) mass is 314 g/mol. The van der Waals surface area contributed by atoms with Gasteiger partial charge in [0.15, 0.2) is 0 Å². The average Bonchev–Trinajstić information content (AvgIpc) is 2.88. The number of benzene rings is 1. The largest absolute Gasteiger partial charge is 0.493 e. The second kappa shape index (κ2) is 4.81. The second-order valence-electron chi connectivity index (χ2n) is 5.06. The van der Waals surface area contributed by atoms with Crippen LogP contribution in [0.1, 0.15) is 30.4 Å². The Morgan fingerprint density at radius 2 is 2.24 bits per heavy atom. The van der Waals surface area contributed by atoms with Gasteiger partial charge < -0.3 is 4.74 Å². The predicted octanol–water partition coefficient (Wildman–Crippen LogP) is 4.38. The molecule has 92 valence electrons. The maximum Gasteiger partial charge on any atom is 0.125 e. The van der Waals surface area contributed by atoms with Gasteiger partial charge >= 0.3 is 0 Å². The molecule has 3 heteroatoms. The topological polar surface area (TPSA) is 9.23 Å². The molecule has 0 radical (unpaired) electrons. The lowest BCUT2D eigenvalue weighted by molar-refractivity contribution is 0.351. The minimum atomic E-state index is 0.665. The van der Waals surface area contributed by atoms with E-state index in [-0.39, 0.29) is 0 Å². The van der Waals surface area contributed by atoms with E-state index < -0.39 is 0 Å². The van der Waals surface area contributed by atoms with E-state index in [0.29, 0.717) is 4.83 Å². The van der Waals surface area contributed by atoms with Crippen LogP contribution < -0.4 is 4.74 Å². The molecule has 2 unspecified atom stereocenters. The minimum absolute atomic E-state index is 0.665. The highest BCUT2D eigenvalue weighted by atomic mass is 79.9. The van der Waals surface area contributed by atoms with Crippen molar-refractivity contribution < 1.29 is 4.74 Å². The van der Waals surface area contributed by atoms with Gasteiger partial charge in [0.1, 0.15) is 5.75 Å². The van der Waals surface area contributed by atoms with Crippen LogP contribution in [0.15, 0.2) is 12.1 Å². The third-order valence-corrected chi connectivity index (χ3v) is 5.30. The molecular weight excluding hydrogens is 300 g/mol. The Hall–Kier alpha value is -0.210. The van der Waals surface area contributed by atoms with Crippen LogP contribution in [0.25, 0.3) is 0 Å². The molecule has 17 heavy (non-hydrogen) atoms. The van der Waals surface area contributed by atoms with Crippen LogP contribution in [0.2, 0.25) is 5.02 Å². The maximum absolute atomic E-state index is 6.18. The van der Waals surface area contributed by atoms with Gasteiger partial charge in [-0.3, -0.25) is 0 Å². The van der Waals surface area contributed by atoms with Crippen LogP contribution in [0, 0.1) is 5.92 Å². The average molecular weight is 316 g/mol. The van der Waals surface area contributed by atoms with Gasteiger partial charge in [-0.2, -0.15) is 0 Å². The molecule has 1 aromatic rings. The van der Waals surface area contributed by atoms with Crippen molar-refractivity contribution in [1.82, 2.24) is 0 Å². The van der Waals surface area contributed by atoms with E-state index >= 15 is 0 Å². The number of alkyl halides is 1. The zero-order valence-corrected chi connectivity index (χ0v) is 12.1. The normalized spacial score (nSPS) is 26.9. The van der Waals surface area contributed by atoms with Crippen LogP contribution in [0.3, 0.4) is 0 Å². The highest BCUT2D eigenvalue weighted by Crippen LogP contribution is 2.39. The Bertz CT molecular complexity index is 432. The van der Waals surface area contributed by atoms with Crippen molar-refractivity contribution in [2.75, 3.05) is 6.61 Å². The molecule has 1 nitrogen and oxygen atoms in total. The second-order valence-corrected chi connectivity index (χ2v) is 6.68. The lowest BCUT2D eigenvalue weighted by atomic mass is 9.95. The lowest BCUT2D eigenvalue weighted by Crippen LogP contribution is -2.10. The summed E-state index contributed by atoms with van der Waals surface area (Å²) in [6.07, 6.45) is 6.06. The number of ether oxygens (including phenoxy) is 1. The molecule has 1 saturated carbocycles. The van der Waals surface area contributed by atoms with E-state index in [2.05, 4.69) is 22.0 Å². The van der Waals surface area contributed by atoms with E-state index in [0.717, 1.165) is 36.1 Å². The third-order valence-electron chi connectivity index (χ3n) is 3.87. The fourth-order valence-corrected chi connectivity index (χ4v) is 4.04. The molecule has 1 heterocycles. The first-order chi connectivity index (χ1) is 8.24. The van der Waals surface area contributed by atoms with Gasteiger partial charge in [0.25, 0.3) is 0 Å². The van der Waals surface area contributed by atoms with Crippen molar-refractivity contribution in [3.63, 3.8) is 0 Å². The fourth-order valence-electron chi connectivity index (χ4n) is 3.00. The van der Waals surface area contributed by atoms with Crippen molar-refractivity contribution in [1.29, 1.82) is 0 Å². The standard InChI is InChI=1S/C14H16BrClO/c15-13-3-1-2-9(13)6-11-8-12(16)7-10-4-5-17-14(10)11/h7-9,13H,1-6H2. The summed E-state index contributed by atoms with van der Waals surface area (Å²) in [4.78, 5) is 0.665.